The molecule has 2 aromatic carbocycles. The summed E-state index contributed by atoms with van der Waals surface area (Å²) >= 11 is 5.96. The van der Waals surface area contributed by atoms with Gasteiger partial charge < -0.3 is 10.6 Å². The summed E-state index contributed by atoms with van der Waals surface area (Å²) in [6.07, 6.45) is 0.707. The average molecular weight is 305 g/mol. The molecule has 108 valence electrons. The number of anilines is 1. The third-order valence-electron chi connectivity index (χ3n) is 3.77. The SMILES string of the molecule is Nc1cccc2c1CN(C(=O)c1c(F)cccc1Cl)CC2. The van der Waals surface area contributed by atoms with E-state index in [4.69, 9.17) is 17.3 Å². The van der Waals surface area contributed by atoms with Crippen molar-refractivity contribution in [3.63, 3.8) is 0 Å². The molecule has 1 aliphatic rings. The normalized spacial score (nSPS) is 13.9. The van der Waals surface area contributed by atoms with Gasteiger partial charge in [-0.1, -0.05) is 29.8 Å². The summed E-state index contributed by atoms with van der Waals surface area (Å²) in [5.41, 5.74) is 8.62. The molecule has 5 heteroatoms. The van der Waals surface area contributed by atoms with Crippen LogP contribution in [-0.4, -0.2) is 17.4 Å². The van der Waals surface area contributed by atoms with E-state index in [9.17, 15) is 9.18 Å². The van der Waals surface area contributed by atoms with Gasteiger partial charge in [-0.05, 0) is 35.7 Å². The second-order valence-electron chi connectivity index (χ2n) is 5.06. The lowest BCUT2D eigenvalue weighted by atomic mass is 9.97. The fraction of sp³-hybridized carbons (Fsp3) is 0.188. The molecule has 0 aromatic heterocycles. The molecule has 0 unspecified atom stereocenters. The van der Waals surface area contributed by atoms with E-state index in [1.807, 2.05) is 18.2 Å². The zero-order chi connectivity index (χ0) is 15.0. The van der Waals surface area contributed by atoms with E-state index in [0.717, 1.165) is 11.1 Å². The van der Waals surface area contributed by atoms with E-state index in [1.165, 1.54) is 18.2 Å². The maximum atomic E-state index is 13.9. The topological polar surface area (TPSA) is 46.3 Å². The van der Waals surface area contributed by atoms with Crippen LogP contribution in [0.15, 0.2) is 36.4 Å². The number of rotatable bonds is 1. The van der Waals surface area contributed by atoms with Gasteiger partial charge in [0.25, 0.3) is 5.91 Å². The van der Waals surface area contributed by atoms with E-state index >= 15 is 0 Å². The highest BCUT2D eigenvalue weighted by molar-refractivity contribution is 6.33. The largest absolute Gasteiger partial charge is 0.398 e. The maximum Gasteiger partial charge on any atom is 0.258 e. The Morgan fingerprint density at radius 3 is 2.76 bits per heavy atom. The molecule has 2 aromatic rings. The second kappa shape index (κ2) is 5.37. The predicted octanol–water partition coefficient (Wildman–Crippen LogP) is 3.26. The van der Waals surface area contributed by atoms with E-state index < -0.39 is 11.7 Å². The molecule has 1 amide bonds. The van der Waals surface area contributed by atoms with Crippen molar-refractivity contribution in [3.05, 3.63) is 63.9 Å². The zero-order valence-corrected chi connectivity index (χ0v) is 12.0. The number of carbonyl (C=O) groups is 1. The Morgan fingerprint density at radius 2 is 2.00 bits per heavy atom. The molecule has 3 rings (SSSR count). The van der Waals surface area contributed by atoms with Crippen LogP contribution in [0.5, 0.6) is 0 Å². The van der Waals surface area contributed by atoms with Crippen molar-refractivity contribution in [2.75, 3.05) is 12.3 Å². The van der Waals surface area contributed by atoms with Gasteiger partial charge >= 0.3 is 0 Å². The number of fused-ring (bicyclic) bond motifs is 1. The number of halogens is 2. The highest BCUT2D eigenvalue weighted by Crippen LogP contribution is 2.27. The van der Waals surface area contributed by atoms with Crippen molar-refractivity contribution >= 4 is 23.2 Å². The third-order valence-corrected chi connectivity index (χ3v) is 4.09. The molecule has 1 aliphatic heterocycles. The van der Waals surface area contributed by atoms with Gasteiger partial charge in [-0.25, -0.2) is 4.39 Å². The van der Waals surface area contributed by atoms with E-state index in [2.05, 4.69) is 0 Å². The summed E-state index contributed by atoms with van der Waals surface area (Å²) in [7, 11) is 0. The molecule has 0 spiro atoms. The van der Waals surface area contributed by atoms with Gasteiger partial charge in [0.2, 0.25) is 0 Å². The summed E-state index contributed by atoms with van der Waals surface area (Å²) in [4.78, 5) is 14.1. The van der Waals surface area contributed by atoms with E-state index in [0.29, 0.717) is 25.2 Å². The van der Waals surface area contributed by atoms with Crippen LogP contribution >= 0.6 is 11.6 Å². The first-order valence-electron chi connectivity index (χ1n) is 6.67. The molecule has 0 saturated carbocycles. The van der Waals surface area contributed by atoms with Crippen LogP contribution < -0.4 is 5.73 Å². The van der Waals surface area contributed by atoms with Crippen LogP contribution in [0.25, 0.3) is 0 Å². The Hall–Kier alpha value is -2.07. The molecule has 1 heterocycles. The van der Waals surface area contributed by atoms with Gasteiger partial charge in [-0.15, -0.1) is 0 Å². The summed E-state index contributed by atoms with van der Waals surface area (Å²) in [6, 6.07) is 9.96. The molecule has 0 aliphatic carbocycles. The standard InChI is InChI=1S/C16H14ClFN2O/c17-12-4-2-5-13(18)15(12)16(21)20-8-7-10-3-1-6-14(19)11(10)9-20/h1-6H,7-9,19H2. The quantitative estimate of drug-likeness (QED) is 0.822. The van der Waals surface area contributed by atoms with Crippen LogP contribution in [0.3, 0.4) is 0 Å². The Morgan fingerprint density at radius 1 is 1.24 bits per heavy atom. The maximum absolute atomic E-state index is 13.9. The van der Waals surface area contributed by atoms with Gasteiger partial charge in [-0.3, -0.25) is 4.79 Å². The van der Waals surface area contributed by atoms with Crippen LogP contribution in [-0.2, 0) is 13.0 Å². The molecular formula is C16H14ClFN2O. The van der Waals surface area contributed by atoms with Crippen molar-refractivity contribution < 1.29 is 9.18 Å². The zero-order valence-electron chi connectivity index (χ0n) is 11.3. The number of hydrogen-bond donors (Lipinski definition) is 1. The number of nitrogens with zero attached hydrogens (tertiary/aromatic N) is 1. The first kappa shape index (κ1) is 13.9. The molecule has 0 atom stereocenters. The number of benzene rings is 2. The first-order chi connectivity index (χ1) is 10.1. The fourth-order valence-electron chi connectivity index (χ4n) is 2.64. The predicted molar refractivity (Wildman–Crippen MR) is 80.7 cm³/mol. The van der Waals surface area contributed by atoms with Gasteiger partial charge in [0.15, 0.2) is 0 Å². The van der Waals surface area contributed by atoms with Crippen LogP contribution in [0.4, 0.5) is 10.1 Å². The van der Waals surface area contributed by atoms with Crippen LogP contribution in [0, 0.1) is 5.82 Å². The first-order valence-corrected chi connectivity index (χ1v) is 7.05. The fourth-order valence-corrected chi connectivity index (χ4v) is 2.88. The highest BCUT2D eigenvalue weighted by Gasteiger charge is 2.26. The Bertz CT molecular complexity index is 697. The molecular weight excluding hydrogens is 291 g/mol. The molecule has 3 nitrogen and oxygen atoms in total. The second-order valence-corrected chi connectivity index (χ2v) is 5.47. The molecule has 0 fully saturated rings. The lowest BCUT2D eigenvalue weighted by Crippen LogP contribution is -2.37. The number of nitrogens with two attached hydrogens (primary N) is 1. The number of nitrogen functional groups attached to an aromatic ring is 1. The smallest absolute Gasteiger partial charge is 0.258 e. The van der Waals surface area contributed by atoms with Gasteiger partial charge in [0.05, 0.1) is 10.6 Å². The Kier molecular flexibility index (Phi) is 3.55. The highest BCUT2D eigenvalue weighted by atomic mass is 35.5. The van der Waals surface area contributed by atoms with Crippen molar-refractivity contribution in [2.24, 2.45) is 0 Å². The molecule has 21 heavy (non-hydrogen) atoms. The number of carbonyl (C=O) groups excluding carboxylic acids is 1. The summed E-state index contributed by atoms with van der Waals surface area (Å²) < 4.78 is 13.9. The lowest BCUT2D eigenvalue weighted by molar-refractivity contribution is 0.0730. The number of hydrogen-bond acceptors (Lipinski definition) is 2. The monoisotopic (exact) mass is 304 g/mol. The van der Waals surface area contributed by atoms with Crippen molar-refractivity contribution in [3.8, 4) is 0 Å². The van der Waals surface area contributed by atoms with Gasteiger partial charge in [0, 0.05) is 18.8 Å². The lowest BCUT2D eigenvalue weighted by Gasteiger charge is -2.30. The van der Waals surface area contributed by atoms with E-state index in [1.54, 1.807) is 4.90 Å². The molecule has 0 radical (unpaired) electrons. The van der Waals surface area contributed by atoms with Crippen molar-refractivity contribution in [2.45, 2.75) is 13.0 Å². The summed E-state index contributed by atoms with van der Waals surface area (Å²) in [6.45, 7) is 0.908. The average Bonchev–Trinajstić information content (AvgIpc) is 2.47. The molecule has 2 N–H and O–H groups in total. The number of amides is 1. The minimum Gasteiger partial charge on any atom is -0.398 e. The third kappa shape index (κ3) is 2.47. The minimum atomic E-state index is -0.598. The van der Waals surface area contributed by atoms with Crippen LogP contribution in [0.1, 0.15) is 21.5 Å². The van der Waals surface area contributed by atoms with Crippen LogP contribution in [0.2, 0.25) is 5.02 Å². The van der Waals surface area contributed by atoms with Gasteiger partial charge in [-0.2, -0.15) is 0 Å². The summed E-state index contributed by atoms with van der Waals surface area (Å²) in [5, 5.41) is 0.131. The Balaban J connectivity index is 1.93. The van der Waals surface area contributed by atoms with Gasteiger partial charge in [0.1, 0.15) is 5.82 Å². The Labute approximate surface area is 127 Å². The summed E-state index contributed by atoms with van der Waals surface area (Å²) in [5.74, 6) is -0.994. The van der Waals surface area contributed by atoms with E-state index in [-0.39, 0.29) is 10.6 Å². The van der Waals surface area contributed by atoms with Crippen molar-refractivity contribution in [1.82, 2.24) is 4.90 Å². The minimum absolute atomic E-state index is 0.0721. The molecule has 0 saturated heterocycles. The molecule has 0 bridgehead atoms. The van der Waals surface area contributed by atoms with Crippen molar-refractivity contribution in [1.29, 1.82) is 0 Å².